The van der Waals surface area contributed by atoms with Gasteiger partial charge in [-0.15, -0.1) is 0 Å². The second kappa shape index (κ2) is 9.14. The van der Waals surface area contributed by atoms with Crippen molar-refractivity contribution < 1.29 is 18.7 Å². The van der Waals surface area contributed by atoms with Crippen LogP contribution in [-0.2, 0) is 11.4 Å². The summed E-state index contributed by atoms with van der Waals surface area (Å²) >= 11 is 13.5. The van der Waals surface area contributed by atoms with E-state index in [2.05, 4.69) is 0 Å². The van der Waals surface area contributed by atoms with E-state index in [1.807, 2.05) is 6.07 Å². The lowest BCUT2D eigenvalue weighted by Gasteiger charge is -2.12. The highest BCUT2D eigenvalue weighted by Gasteiger charge is 2.36. The maximum Gasteiger partial charge on any atom is 0.298 e. The number of rotatable bonds is 5. The number of nitrogens with zero attached hydrogens (tertiary/aromatic N) is 1. The Balaban J connectivity index is 1.54. The number of para-hydroxylation sites is 1. The van der Waals surface area contributed by atoms with Crippen LogP contribution in [0.3, 0.4) is 0 Å². The number of carbonyl (C=O) groups excluding carboxylic acids is 2. The van der Waals surface area contributed by atoms with E-state index < -0.39 is 5.91 Å². The van der Waals surface area contributed by atoms with E-state index in [4.69, 9.17) is 27.9 Å². The molecular weight excluding hydrogens is 460 g/mol. The van der Waals surface area contributed by atoms with Crippen LogP contribution in [0.2, 0.25) is 10.0 Å². The zero-order chi connectivity index (χ0) is 22.0. The molecule has 0 unspecified atom stereocenters. The molecule has 0 atom stereocenters. The zero-order valence-electron chi connectivity index (χ0n) is 15.8. The molecule has 0 aromatic heterocycles. The topological polar surface area (TPSA) is 46.6 Å². The molecule has 0 radical (unpaired) electrons. The Labute approximate surface area is 192 Å². The minimum Gasteiger partial charge on any atom is -0.486 e. The number of anilines is 1. The van der Waals surface area contributed by atoms with Crippen molar-refractivity contribution in [3.8, 4) is 5.75 Å². The summed E-state index contributed by atoms with van der Waals surface area (Å²) in [6, 6.07) is 17.8. The maximum atomic E-state index is 13.0. The minimum atomic E-state index is -0.412. The van der Waals surface area contributed by atoms with E-state index in [0.29, 0.717) is 11.3 Å². The third-order valence-corrected chi connectivity index (χ3v) is 5.85. The first-order chi connectivity index (χ1) is 14.9. The molecule has 0 bridgehead atoms. The van der Waals surface area contributed by atoms with Gasteiger partial charge >= 0.3 is 0 Å². The Morgan fingerprint density at radius 1 is 0.968 bits per heavy atom. The monoisotopic (exact) mass is 473 g/mol. The first-order valence-corrected chi connectivity index (χ1v) is 10.7. The minimum absolute atomic E-state index is 0.162. The van der Waals surface area contributed by atoms with Crippen LogP contribution < -0.4 is 9.64 Å². The van der Waals surface area contributed by atoms with Crippen molar-refractivity contribution in [2.45, 2.75) is 6.61 Å². The quantitative estimate of drug-likeness (QED) is 0.376. The van der Waals surface area contributed by atoms with E-state index in [1.165, 1.54) is 12.1 Å². The van der Waals surface area contributed by atoms with Gasteiger partial charge in [0, 0.05) is 0 Å². The van der Waals surface area contributed by atoms with Crippen molar-refractivity contribution in [1.82, 2.24) is 0 Å². The number of halogens is 3. The van der Waals surface area contributed by atoms with Crippen molar-refractivity contribution in [1.29, 1.82) is 0 Å². The molecule has 1 aliphatic rings. The van der Waals surface area contributed by atoms with Gasteiger partial charge in [-0.3, -0.25) is 9.59 Å². The van der Waals surface area contributed by atoms with Crippen LogP contribution in [0, 0.1) is 5.82 Å². The molecule has 3 aromatic rings. The summed E-state index contributed by atoms with van der Waals surface area (Å²) in [6.45, 7) is 0.162. The van der Waals surface area contributed by atoms with Gasteiger partial charge in [0.25, 0.3) is 11.1 Å². The highest BCUT2D eigenvalue weighted by Crippen LogP contribution is 2.39. The van der Waals surface area contributed by atoms with Gasteiger partial charge in [-0.1, -0.05) is 53.5 Å². The average Bonchev–Trinajstić information content (AvgIpc) is 3.02. The molecule has 1 fully saturated rings. The van der Waals surface area contributed by atoms with Crippen molar-refractivity contribution >= 4 is 57.9 Å². The normalized spacial score (nSPS) is 15.1. The third kappa shape index (κ3) is 4.77. The fourth-order valence-electron chi connectivity index (χ4n) is 2.96. The van der Waals surface area contributed by atoms with Gasteiger partial charge in [0.1, 0.15) is 12.4 Å². The van der Waals surface area contributed by atoms with Crippen LogP contribution in [0.5, 0.6) is 5.75 Å². The van der Waals surface area contributed by atoms with Gasteiger partial charge < -0.3 is 4.74 Å². The van der Waals surface area contributed by atoms with E-state index in [1.54, 1.807) is 54.6 Å². The van der Waals surface area contributed by atoms with Crippen LogP contribution in [0.15, 0.2) is 71.6 Å². The Hall–Kier alpha value is -2.80. The largest absolute Gasteiger partial charge is 0.486 e. The Morgan fingerprint density at radius 2 is 1.61 bits per heavy atom. The predicted molar refractivity (Wildman–Crippen MR) is 122 cm³/mol. The molecule has 0 saturated carbocycles. The van der Waals surface area contributed by atoms with Gasteiger partial charge in [-0.25, -0.2) is 9.29 Å². The van der Waals surface area contributed by atoms with Gasteiger partial charge in [-0.05, 0) is 65.4 Å². The van der Waals surface area contributed by atoms with Crippen molar-refractivity contribution in [3.05, 3.63) is 98.6 Å². The van der Waals surface area contributed by atoms with Gasteiger partial charge in [0.05, 0.1) is 20.6 Å². The maximum absolute atomic E-state index is 13.0. The van der Waals surface area contributed by atoms with Crippen molar-refractivity contribution in [2.75, 3.05) is 4.90 Å². The second-order valence-electron chi connectivity index (χ2n) is 6.58. The summed E-state index contributed by atoms with van der Waals surface area (Å²) in [6.07, 6.45) is 1.56. The highest BCUT2D eigenvalue weighted by atomic mass is 35.5. The zero-order valence-corrected chi connectivity index (χ0v) is 18.2. The number of amides is 2. The van der Waals surface area contributed by atoms with Gasteiger partial charge in [-0.2, -0.15) is 0 Å². The van der Waals surface area contributed by atoms with E-state index in [-0.39, 0.29) is 38.4 Å². The molecule has 4 nitrogen and oxygen atoms in total. The summed E-state index contributed by atoms with van der Waals surface area (Å²) in [5, 5.41) is 0.130. The van der Waals surface area contributed by atoms with Crippen molar-refractivity contribution in [3.63, 3.8) is 0 Å². The van der Waals surface area contributed by atoms with E-state index in [9.17, 15) is 14.0 Å². The molecule has 3 aromatic carbocycles. The Bertz CT molecular complexity index is 1160. The molecule has 31 heavy (non-hydrogen) atoms. The first kappa shape index (κ1) is 21.4. The number of hydrogen-bond donors (Lipinski definition) is 0. The lowest BCUT2D eigenvalue weighted by Crippen LogP contribution is -2.27. The summed E-state index contributed by atoms with van der Waals surface area (Å²) in [5.41, 5.74) is 1.82. The van der Waals surface area contributed by atoms with Crippen LogP contribution in [0.4, 0.5) is 14.9 Å². The molecule has 8 heteroatoms. The van der Waals surface area contributed by atoms with Crippen LogP contribution in [-0.4, -0.2) is 11.1 Å². The van der Waals surface area contributed by atoms with Crippen LogP contribution >= 0.6 is 35.0 Å². The molecule has 2 amide bonds. The molecular formula is C23H14Cl2FNO3S. The van der Waals surface area contributed by atoms with Crippen molar-refractivity contribution in [2.24, 2.45) is 0 Å². The lowest BCUT2D eigenvalue weighted by molar-refractivity contribution is -0.113. The number of imide groups is 1. The summed E-state index contributed by atoms with van der Waals surface area (Å²) in [7, 11) is 0. The summed E-state index contributed by atoms with van der Waals surface area (Å²) < 4.78 is 18.7. The lowest BCUT2D eigenvalue weighted by atomic mass is 10.2. The number of ether oxygens (including phenoxy) is 1. The molecule has 156 valence electrons. The smallest absolute Gasteiger partial charge is 0.298 e. The first-order valence-electron chi connectivity index (χ1n) is 9.11. The van der Waals surface area contributed by atoms with Crippen LogP contribution in [0.1, 0.15) is 11.1 Å². The SMILES string of the molecule is O=C1S/C(=C\c2cc(Cl)c(OCc3ccc(F)cc3)c(Cl)c2)C(=O)N1c1ccccc1. The summed E-state index contributed by atoms with van der Waals surface area (Å²) in [4.78, 5) is 26.5. The molecule has 0 aliphatic carbocycles. The molecule has 1 heterocycles. The number of thioether (sulfide) groups is 1. The highest BCUT2D eigenvalue weighted by molar-refractivity contribution is 8.19. The predicted octanol–water partition coefficient (Wildman–Crippen LogP) is 6.95. The fraction of sp³-hybridized carbons (Fsp3) is 0.0435. The Morgan fingerprint density at radius 3 is 2.26 bits per heavy atom. The van der Waals surface area contributed by atoms with E-state index in [0.717, 1.165) is 22.2 Å². The molecule has 1 saturated heterocycles. The van der Waals surface area contributed by atoms with E-state index >= 15 is 0 Å². The Kier molecular flexibility index (Phi) is 6.32. The standard InChI is InChI=1S/C23H14Cl2FNO3S/c24-18-10-15(11-19(25)21(18)30-13-14-6-8-16(26)9-7-14)12-20-22(28)27(23(29)31-20)17-4-2-1-3-5-17/h1-12H,13H2/b20-12-. The van der Waals surface area contributed by atoms with Gasteiger partial charge in [0.2, 0.25) is 0 Å². The fourth-order valence-corrected chi connectivity index (χ4v) is 4.41. The third-order valence-electron chi connectivity index (χ3n) is 4.42. The number of carbonyl (C=O) groups is 2. The molecule has 0 spiro atoms. The number of hydrogen-bond acceptors (Lipinski definition) is 4. The second-order valence-corrected chi connectivity index (χ2v) is 8.39. The molecule has 4 rings (SSSR count). The summed E-state index contributed by atoms with van der Waals surface area (Å²) in [5.74, 6) is -0.465. The number of benzene rings is 3. The molecule has 1 aliphatic heterocycles. The average molecular weight is 474 g/mol. The van der Waals surface area contributed by atoms with Gasteiger partial charge in [0.15, 0.2) is 5.75 Å². The molecule has 0 N–H and O–H groups in total. The van der Waals surface area contributed by atoms with Crippen LogP contribution in [0.25, 0.3) is 6.08 Å².